The van der Waals surface area contributed by atoms with Gasteiger partial charge in [-0.1, -0.05) is 0 Å². The van der Waals surface area contributed by atoms with Gasteiger partial charge in [0.25, 0.3) is 0 Å². The van der Waals surface area contributed by atoms with Crippen molar-refractivity contribution in [3.05, 3.63) is 42.9 Å². The molecule has 0 radical (unpaired) electrons. The van der Waals surface area contributed by atoms with Crippen molar-refractivity contribution in [3.63, 3.8) is 0 Å². The van der Waals surface area contributed by atoms with E-state index in [-0.39, 0.29) is 10.8 Å². The fourth-order valence-corrected chi connectivity index (χ4v) is 5.40. The Morgan fingerprint density at radius 2 is 1.97 bits per heavy atom. The van der Waals surface area contributed by atoms with Crippen LogP contribution in [0.4, 0.5) is 0 Å². The number of imidazole rings is 1. The normalized spacial score (nSPS) is 18.1. The zero-order valence-corrected chi connectivity index (χ0v) is 17.3. The van der Waals surface area contributed by atoms with Gasteiger partial charge in [0, 0.05) is 31.9 Å². The summed E-state index contributed by atoms with van der Waals surface area (Å²) in [5.74, 6) is 1.10. The van der Waals surface area contributed by atoms with Crippen molar-refractivity contribution in [2.75, 3.05) is 27.3 Å². The number of fused-ring (bicyclic) bond motifs is 1. The molecule has 29 heavy (non-hydrogen) atoms. The van der Waals surface area contributed by atoms with E-state index < -0.39 is 10.0 Å². The molecule has 1 atom stereocenters. The Morgan fingerprint density at radius 3 is 2.76 bits per heavy atom. The van der Waals surface area contributed by atoms with Crippen molar-refractivity contribution in [2.45, 2.75) is 24.3 Å². The third-order valence-electron chi connectivity index (χ3n) is 5.30. The number of piperidine rings is 1. The van der Waals surface area contributed by atoms with Crippen LogP contribution in [0.5, 0.6) is 11.5 Å². The number of hydrogen-bond donors (Lipinski definition) is 0. The number of sulfonamides is 1. The molecule has 0 N–H and O–H groups in total. The predicted octanol–water partition coefficient (Wildman–Crippen LogP) is 2.55. The van der Waals surface area contributed by atoms with Gasteiger partial charge in [0.1, 0.15) is 5.52 Å². The zero-order valence-electron chi connectivity index (χ0n) is 16.5. The minimum Gasteiger partial charge on any atom is -0.493 e. The highest BCUT2D eigenvalue weighted by Crippen LogP contribution is 2.32. The van der Waals surface area contributed by atoms with Crippen molar-refractivity contribution in [1.29, 1.82) is 0 Å². The van der Waals surface area contributed by atoms with Crippen LogP contribution in [0.1, 0.15) is 12.8 Å². The van der Waals surface area contributed by atoms with Gasteiger partial charge in [0.15, 0.2) is 17.1 Å². The van der Waals surface area contributed by atoms with E-state index in [4.69, 9.17) is 9.47 Å². The summed E-state index contributed by atoms with van der Waals surface area (Å²) in [4.78, 5) is 8.99. The minimum absolute atomic E-state index is 0.193. The van der Waals surface area contributed by atoms with E-state index in [9.17, 15) is 8.42 Å². The Morgan fingerprint density at radius 1 is 1.14 bits per heavy atom. The first-order valence-electron chi connectivity index (χ1n) is 9.51. The molecule has 9 heteroatoms. The first-order chi connectivity index (χ1) is 14.0. The Hall–Kier alpha value is -2.65. The largest absolute Gasteiger partial charge is 0.493 e. The monoisotopic (exact) mass is 416 g/mol. The topological polar surface area (TPSA) is 86.6 Å². The number of ether oxygens (including phenoxy) is 2. The average Bonchev–Trinajstić information content (AvgIpc) is 3.16. The molecule has 4 rings (SSSR count). The maximum absolute atomic E-state index is 13.2. The van der Waals surface area contributed by atoms with Gasteiger partial charge >= 0.3 is 0 Å². The van der Waals surface area contributed by atoms with Crippen molar-refractivity contribution >= 4 is 21.2 Å². The van der Waals surface area contributed by atoms with Crippen LogP contribution in [0.2, 0.25) is 0 Å². The Labute approximate surface area is 170 Å². The lowest BCUT2D eigenvalue weighted by Crippen LogP contribution is -2.41. The number of aromatic nitrogens is 3. The number of rotatable bonds is 6. The second kappa shape index (κ2) is 8.00. The van der Waals surface area contributed by atoms with Gasteiger partial charge in [-0.05, 0) is 43.0 Å². The lowest BCUT2D eigenvalue weighted by Gasteiger charge is -2.32. The van der Waals surface area contributed by atoms with Crippen LogP contribution < -0.4 is 9.47 Å². The van der Waals surface area contributed by atoms with E-state index in [0.717, 1.165) is 24.0 Å². The SMILES string of the molecule is COc1ccc(S(=O)(=O)N2CCCC(Cn3cnc4cccnc43)C2)cc1OC. The average molecular weight is 417 g/mol. The summed E-state index contributed by atoms with van der Waals surface area (Å²) in [5.41, 5.74) is 1.67. The second-order valence-corrected chi connectivity index (χ2v) is 9.07. The van der Waals surface area contributed by atoms with Crippen LogP contribution in [0.3, 0.4) is 0 Å². The van der Waals surface area contributed by atoms with E-state index in [1.165, 1.54) is 20.3 Å². The standard InChI is InChI=1S/C20H24N4O4S/c1-27-18-8-7-16(11-19(18)28-2)29(25,26)24-10-4-5-15(13-24)12-23-14-22-17-6-3-9-21-20(17)23/h3,6-9,11,14-15H,4-5,10,12-13H2,1-2H3. The number of benzene rings is 1. The summed E-state index contributed by atoms with van der Waals surface area (Å²) in [6.45, 7) is 1.66. The molecule has 3 heterocycles. The van der Waals surface area contributed by atoms with E-state index in [0.29, 0.717) is 31.1 Å². The second-order valence-electron chi connectivity index (χ2n) is 7.13. The van der Waals surface area contributed by atoms with Crippen LogP contribution in [0, 0.1) is 5.92 Å². The van der Waals surface area contributed by atoms with Gasteiger partial charge in [-0.15, -0.1) is 0 Å². The first kappa shape index (κ1) is 19.7. The molecule has 1 aliphatic rings. The van der Waals surface area contributed by atoms with E-state index in [2.05, 4.69) is 9.97 Å². The third-order valence-corrected chi connectivity index (χ3v) is 7.16. The van der Waals surface area contributed by atoms with Gasteiger partial charge in [-0.3, -0.25) is 0 Å². The molecular formula is C20H24N4O4S. The van der Waals surface area contributed by atoms with Crippen LogP contribution in [0.25, 0.3) is 11.2 Å². The van der Waals surface area contributed by atoms with Crippen molar-refractivity contribution in [1.82, 2.24) is 18.8 Å². The summed E-state index contributed by atoms with van der Waals surface area (Å²) >= 11 is 0. The molecule has 1 unspecified atom stereocenters. The Bertz CT molecular complexity index is 1110. The maximum atomic E-state index is 13.2. The number of methoxy groups -OCH3 is 2. The van der Waals surface area contributed by atoms with E-state index in [1.807, 2.05) is 16.7 Å². The maximum Gasteiger partial charge on any atom is 0.243 e. The minimum atomic E-state index is -3.62. The smallest absolute Gasteiger partial charge is 0.243 e. The molecule has 0 aliphatic carbocycles. The fraction of sp³-hybridized carbons (Fsp3) is 0.400. The molecule has 2 aromatic heterocycles. The highest BCUT2D eigenvalue weighted by atomic mass is 32.2. The molecule has 1 fully saturated rings. The fourth-order valence-electron chi connectivity index (χ4n) is 3.83. The Kier molecular flexibility index (Phi) is 5.42. The molecule has 1 aliphatic heterocycles. The van der Waals surface area contributed by atoms with E-state index in [1.54, 1.807) is 29.0 Å². The van der Waals surface area contributed by atoms with Gasteiger partial charge in [0.2, 0.25) is 10.0 Å². The highest BCUT2D eigenvalue weighted by molar-refractivity contribution is 7.89. The van der Waals surface area contributed by atoms with Gasteiger partial charge in [-0.2, -0.15) is 4.31 Å². The molecule has 0 bridgehead atoms. The molecule has 3 aromatic rings. The van der Waals surface area contributed by atoms with Crippen molar-refractivity contribution in [3.8, 4) is 11.5 Å². The van der Waals surface area contributed by atoms with Gasteiger partial charge in [-0.25, -0.2) is 18.4 Å². The molecule has 154 valence electrons. The molecule has 0 amide bonds. The van der Waals surface area contributed by atoms with Crippen LogP contribution in [-0.4, -0.2) is 54.6 Å². The predicted molar refractivity (Wildman–Crippen MR) is 109 cm³/mol. The number of pyridine rings is 1. The number of hydrogen-bond acceptors (Lipinski definition) is 6. The van der Waals surface area contributed by atoms with Crippen LogP contribution >= 0.6 is 0 Å². The lowest BCUT2D eigenvalue weighted by atomic mass is 10.00. The van der Waals surface area contributed by atoms with E-state index >= 15 is 0 Å². The molecular weight excluding hydrogens is 392 g/mol. The summed E-state index contributed by atoms with van der Waals surface area (Å²) in [5, 5.41) is 0. The van der Waals surface area contributed by atoms with Crippen LogP contribution in [0.15, 0.2) is 47.8 Å². The lowest BCUT2D eigenvalue weighted by molar-refractivity contribution is 0.246. The number of nitrogens with zero attached hydrogens (tertiary/aromatic N) is 4. The summed E-state index contributed by atoms with van der Waals surface area (Å²) in [7, 11) is -0.598. The van der Waals surface area contributed by atoms with Crippen molar-refractivity contribution < 1.29 is 17.9 Å². The van der Waals surface area contributed by atoms with Gasteiger partial charge in [0.05, 0.1) is 25.4 Å². The third kappa shape index (κ3) is 3.79. The molecule has 0 spiro atoms. The Balaban J connectivity index is 1.54. The highest BCUT2D eigenvalue weighted by Gasteiger charge is 2.31. The van der Waals surface area contributed by atoms with Gasteiger partial charge < -0.3 is 14.0 Å². The summed E-state index contributed by atoms with van der Waals surface area (Å²) < 4.78 is 40.5. The zero-order chi connectivity index (χ0) is 20.4. The first-order valence-corrected chi connectivity index (χ1v) is 10.9. The summed E-state index contributed by atoms with van der Waals surface area (Å²) in [6, 6.07) is 8.49. The molecule has 1 aromatic carbocycles. The molecule has 1 saturated heterocycles. The molecule has 8 nitrogen and oxygen atoms in total. The quantitative estimate of drug-likeness (QED) is 0.614. The molecule has 0 saturated carbocycles. The van der Waals surface area contributed by atoms with Crippen LogP contribution in [-0.2, 0) is 16.6 Å². The summed E-state index contributed by atoms with van der Waals surface area (Å²) in [6.07, 6.45) is 5.30. The van der Waals surface area contributed by atoms with Crippen molar-refractivity contribution in [2.24, 2.45) is 5.92 Å².